The summed E-state index contributed by atoms with van der Waals surface area (Å²) in [4.78, 5) is 15.3. The standard InChI is InChI=1S/C16H14N4O3/c1-23-12-6-4-5-11(9-12)18-19-16-13(10-15(21)22)17-14-7-2-3-8-20(14)16/h2-9H,10H2,1H3,(H,21,22). The molecule has 0 radical (unpaired) electrons. The molecule has 0 aliphatic heterocycles. The Bertz CT molecular complexity index is 886. The van der Waals surface area contributed by atoms with Crippen molar-refractivity contribution in [2.45, 2.75) is 6.42 Å². The number of carbonyl (C=O) groups is 1. The summed E-state index contributed by atoms with van der Waals surface area (Å²) in [6.07, 6.45) is 1.56. The molecule has 0 atom stereocenters. The van der Waals surface area contributed by atoms with E-state index < -0.39 is 5.97 Å². The van der Waals surface area contributed by atoms with Gasteiger partial charge in [-0.3, -0.25) is 9.20 Å². The molecule has 116 valence electrons. The molecule has 2 aromatic heterocycles. The fraction of sp³-hybridized carbons (Fsp3) is 0.125. The number of hydrogen-bond acceptors (Lipinski definition) is 5. The van der Waals surface area contributed by atoms with Crippen LogP contribution in [0.1, 0.15) is 5.69 Å². The van der Waals surface area contributed by atoms with Crippen LogP contribution < -0.4 is 4.74 Å². The monoisotopic (exact) mass is 310 g/mol. The summed E-state index contributed by atoms with van der Waals surface area (Å²) in [5, 5.41) is 17.4. The second kappa shape index (κ2) is 6.27. The number of hydrogen-bond donors (Lipinski definition) is 1. The molecule has 0 fully saturated rings. The van der Waals surface area contributed by atoms with E-state index >= 15 is 0 Å². The summed E-state index contributed by atoms with van der Waals surface area (Å²) >= 11 is 0. The van der Waals surface area contributed by atoms with Crippen molar-refractivity contribution in [3.63, 3.8) is 0 Å². The van der Waals surface area contributed by atoms with E-state index in [1.165, 1.54) is 0 Å². The fourth-order valence-corrected chi connectivity index (χ4v) is 2.18. The third-order valence-electron chi connectivity index (χ3n) is 3.21. The second-order valence-corrected chi connectivity index (χ2v) is 4.78. The van der Waals surface area contributed by atoms with Gasteiger partial charge in [0.2, 0.25) is 0 Å². The van der Waals surface area contributed by atoms with Crippen molar-refractivity contribution < 1.29 is 14.6 Å². The molecule has 0 saturated heterocycles. The number of aromatic nitrogens is 2. The highest BCUT2D eigenvalue weighted by Crippen LogP contribution is 2.26. The van der Waals surface area contributed by atoms with Crippen molar-refractivity contribution in [1.29, 1.82) is 0 Å². The molecule has 1 aromatic carbocycles. The van der Waals surface area contributed by atoms with Crippen LogP contribution in [0.3, 0.4) is 0 Å². The Hall–Kier alpha value is -3.22. The van der Waals surface area contributed by atoms with Crippen LogP contribution in [-0.2, 0) is 11.2 Å². The first-order chi connectivity index (χ1) is 11.2. The molecule has 3 rings (SSSR count). The van der Waals surface area contributed by atoms with Gasteiger partial charge in [-0.15, -0.1) is 10.2 Å². The van der Waals surface area contributed by atoms with Gasteiger partial charge >= 0.3 is 5.97 Å². The lowest BCUT2D eigenvalue weighted by Gasteiger charge is -2.00. The second-order valence-electron chi connectivity index (χ2n) is 4.78. The zero-order valence-electron chi connectivity index (χ0n) is 12.4. The quantitative estimate of drug-likeness (QED) is 0.732. The van der Waals surface area contributed by atoms with E-state index in [0.717, 1.165) is 0 Å². The van der Waals surface area contributed by atoms with Gasteiger partial charge in [-0.25, -0.2) is 4.98 Å². The lowest BCUT2D eigenvalue weighted by molar-refractivity contribution is -0.136. The van der Waals surface area contributed by atoms with Gasteiger partial charge in [-0.1, -0.05) is 12.1 Å². The van der Waals surface area contributed by atoms with E-state index in [-0.39, 0.29) is 6.42 Å². The average Bonchev–Trinajstić information content (AvgIpc) is 2.89. The summed E-state index contributed by atoms with van der Waals surface area (Å²) in [5.41, 5.74) is 1.61. The van der Waals surface area contributed by atoms with Gasteiger partial charge in [0.05, 0.1) is 24.9 Å². The van der Waals surface area contributed by atoms with Gasteiger partial charge in [-0.05, 0) is 24.3 Å². The van der Waals surface area contributed by atoms with Gasteiger partial charge in [0.1, 0.15) is 11.4 Å². The predicted molar refractivity (Wildman–Crippen MR) is 83.7 cm³/mol. The first-order valence-corrected chi connectivity index (χ1v) is 6.91. The number of aliphatic carboxylic acids is 1. The van der Waals surface area contributed by atoms with Crippen molar-refractivity contribution in [1.82, 2.24) is 9.38 Å². The van der Waals surface area contributed by atoms with Crippen molar-refractivity contribution in [2.24, 2.45) is 10.2 Å². The van der Waals surface area contributed by atoms with Crippen LogP contribution in [0.4, 0.5) is 11.5 Å². The zero-order chi connectivity index (χ0) is 16.2. The molecule has 0 unspecified atom stereocenters. The first-order valence-electron chi connectivity index (χ1n) is 6.91. The number of benzene rings is 1. The fourth-order valence-electron chi connectivity index (χ4n) is 2.18. The number of pyridine rings is 1. The number of rotatable bonds is 5. The van der Waals surface area contributed by atoms with Gasteiger partial charge in [0.25, 0.3) is 0 Å². The van der Waals surface area contributed by atoms with Gasteiger partial charge in [0, 0.05) is 12.3 Å². The molecule has 2 heterocycles. The molecule has 0 spiro atoms. The van der Waals surface area contributed by atoms with Crippen molar-refractivity contribution in [3.8, 4) is 5.75 Å². The van der Waals surface area contributed by atoms with Crippen LogP contribution in [0.25, 0.3) is 5.65 Å². The number of azo groups is 1. The molecule has 1 N–H and O–H groups in total. The van der Waals surface area contributed by atoms with E-state index in [4.69, 9.17) is 9.84 Å². The molecule has 7 nitrogen and oxygen atoms in total. The third-order valence-corrected chi connectivity index (χ3v) is 3.21. The van der Waals surface area contributed by atoms with Crippen LogP contribution in [0.2, 0.25) is 0 Å². The van der Waals surface area contributed by atoms with E-state index in [2.05, 4.69) is 15.2 Å². The van der Waals surface area contributed by atoms with Gasteiger partial charge in [0.15, 0.2) is 5.82 Å². The first kappa shape index (κ1) is 14.7. The summed E-state index contributed by atoms with van der Waals surface area (Å²) in [6.45, 7) is 0. The molecular formula is C16H14N4O3. The maximum absolute atomic E-state index is 11.0. The van der Waals surface area contributed by atoms with Gasteiger partial charge < -0.3 is 9.84 Å². The summed E-state index contributed by atoms with van der Waals surface area (Å²) < 4.78 is 6.85. The molecule has 0 aliphatic carbocycles. The van der Waals surface area contributed by atoms with Crippen molar-refractivity contribution in [3.05, 3.63) is 54.4 Å². The molecule has 0 saturated carbocycles. The average molecular weight is 310 g/mol. The molecule has 0 aliphatic rings. The van der Waals surface area contributed by atoms with E-state index in [0.29, 0.717) is 28.6 Å². The number of nitrogens with zero attached hydrogens (tertiary/aromatic N) is 4. The summed E-state index contributed by atoms with van der Waals surface area (Å²) in [5.74, 6) is 0.113. The number of methoxy groups -OCH3 is 1. The maximum Gasteiger partial charge on any atom is 0.309 e. The molecule has 0 bridgehead atoms. The zero-order valence-corrected chi connectivity index (χ0v) is 12.4. The molecular weight excluding hydrogens is 296 g/mol. The Labute approximate surface area is 131 Å². The van der Waals surface area contributed by atoms with Crippen LogP contribution in [0.5, 0.6) is 5.75 Å². The Kier molecular flexibility index (Phi) is 4.01. The van der Waals surface area contributed by atoms with E-state index in [1.54, 1.807) is 42.0 Å². The number of carboxylic acids is 1. The van der Waals surface area contributed by atoms with Crippen LogP contribution in [-0.4, -0.2) is 27.6 Å². The summed E-state index contributed by atoms with van der Waals surface area (Å²) in [7, 11) is 1.58. The topological polar surface area (TPSA) is 88.5 Å². The minimum Gasteiger partial charge on any atom is -0.497 e. The lowest BCUT2D eigenvalue weighted by Crippen LogP contribution is -2.00. The van der Waals surface area contributed by atoms with E-state index in [1.807, 2.05) is 18.2 Å². The van der Waals surface area contributed by atoms with Crippen molar-refractivity contribution in [2.75, 3.05) is 7.11 Å². The molecule has 0 amide bonds. The normalized spacial score (nSPS) is 11.2. The number of imidazole rings is 1. The van der Waals surface area contributed by atoms with E-state index in [9.17, 15) is 4.79 Å². The molecule has 3 aromatic rings. The largest absolute Gasteiger partial charge is 0.497 e. The Morgan fingerprint density at radius 1 is 1.26 bits per heavy atom. The maximum atomic E-state index is 11.0. The minimum atomic E-state index is -0.966. The Balaban J connectivity index is 2.03. The van der Waals surface area contributed by atoms with Crippen LogP contribution in [0, 0.1) is 0 Å². The number of ether oxygens (including phenoxy) is 1. The van der Waals surface area contributed by atoms with Gasteiger partial charge in [-0.2, -0.15) is 0 Å². The summed E-state index contributed by atoms with van der Waals surface area (Å²) in [6, 6.07) is 12.6. The highest BCUT2D eigenvalue weighted by molar-refractivity contribution is 5.72. The third kappa shape index (κ3) is 3.18. The Morgan fingerprint density at radius 3 is 2.91 bits per heavy atom. The number of fused-ring (bicyclic) bond motifs is 1. The molecule has 7 heteroatoms. The SMILES string of the molecule is COc1cccc(N=Nc2c(CC(=O)O)nc3ccccn23)c1. The van der Waals surface area contributed by atoms with Crippen LogP contribution in [0.15, 0.2) is 58.9 Å². The molecule has 23 heavy (non-hydrogen) atoms. The Morgan fingerprint density at radius 2 is 2.13 bits per heavy atom. The number of carboxylic acid groups (broad SMARTS) is 1. The lowest BCUT2D eigenvalue weighted by atomic mass is 10.3. The highest BCUT2D eigenvalue weighted by atomic mass is 16.5. The minimum absolute atomic E-state index is 0.214. The highest BCUT2D eigenvalue weighted by Gasteiger charge is 2.14. The van der Waals surface area contributed by atoms with Crippen LogP contribution >= 0.6 is 0 Å². The van der Waals surface area contributed by atoms with Crippen molar-refractivity contribution >= 4 is 23.1 Å². The smallest absolute Gasteiger partial charge is 0.309 e. The predicted octanol–water partition coefficient (Wildman–Crippen LogP) is 3.39.